The summed E-state index contributed by atoms with van der Waals surface area (Å²) in [7, 11) is 0. The SMILES string of the molecule is Cc1csc(NC(=O)NCCNC(=O)c2ccc(C(F)(F)F)cc2)n1. The van der Waals surface area contributed by atoms with E-state index in [1.54, 1.807) is 12.3 Å². The third-order valence-electron chi connectivity index (χ3n) is 3.01. The van der Waals surface area contributed by atoms with Crippen molar-refractivity contribution in [1.82, 2.24) is 15.6 Å². The lowest BCUT2D eigenvalue weighted by Gasteiger charge is -2.09. The highest BCUT2D eigenvalue weighted by atomic mass is 32.1. The normalized spacial score (nSPS) is 11.0. The number of nitrogens with zero attached hydrogens (tertiary/aromatic N) is 1. The summed E-state index contributed by atoms with van der Waals surface area (Å²) < 4.78 is 37.4. The smallest absolute Gasteiger partial charge is 0.350 e. The van der Waals surface area contributed by atoms with Crippen LogP contribution in [0.15, 0.2) is 29.6 Å². The van der Waals surface area contributed by atoms with E-state index in [4.69, 9.17) is 0 Å². The van der Waals surface area contributed by atoms with Crippen LogP contribution in [0.2, 0.25) is 0 Å². The first kappa shape index (κ1) is 18.7. The van der Waals surface area contributed by atoms with Gasteiger partial charge in [0.1, 0.15) is 0 Å². The summed E-state index contributed by atoms with van der Waals surface area (Å²) in [5.41, 5.74) is 0.0830. The number of hydrogen-bond acceptors (Lipinski definition) is 4. The molecule has 0 aliphatic carbocycles. The maximum absolute atomic E-state index is 12.5. The van der Waals surface area contributed by atoms with Gasteiger partial charge >= 0.3 is 12.2 Å². The molecule has 1 heterocycles. The van der Waals surface area contributed by atoms with Crippen molar-refractivity contribution in [3.8, 4) is 0 Å². The number of nitrogens with one attached hydrogen (secondary N) is 3. The lowest BCUT2D eigenvalue weighted by molar-refractivity contribution is -0.137. The van der Waals surface area contributed by atoms with Crippen LogP contribution in [0.25, 0.3) is 0 Å². The summed E-state index contributed by atoms with van der Waals surface area (Å²) in [5.74, 6) is -0.522. The summed E-state index contributed by atoms with van der Waals surface area (Å²) in [6.07, 6.45) is -4.44. The molecule has 0 bridgehead atoms. The van der Waals surface area contributed by atoms with E-state index >= 15 is 0 Å². The number of aromatic nitrogens is 1. The standard InChI is InChI=1S/C15H15F3N4O2S/c1-9-8-25-14(21-9)22-13(24)20-7-6-19-12(23)10-2-4-11(5-3-10)15(16,17)18/h2-5,8H,6-7H2,1H3,(H,19,23)(H2,20,21,22,24). The molecule has 134 valence electrons. The molecule has 6 nitrogen and oxygen atoms in total. The predicted molar refractivity (Wildman–Crippen MR) is 87.6 cm³/mol. The van der Waals surface area contributed by atoms with Crippen LogP contribution in [-0.4, -0.2) is 30.0 Å². The van der Waals surface area contributed by atoms with Crippen molar-refractivity contribution in [3.05, 3.63) is 46.5 Å². The Morgan fingerprint density at radius 2 is 1.76 bits per heavy atom. The summed E-state index contributed by atoms with van der Waals surface area (Å²) in [6, 6.07) is 3.43. The van der Waals surface area contributed by atoms with E-state index in [1.807, 2.05) is 0 Å². The van der Waals surface area contributed by atoms with E-state index in [1.165, 1.54) is 11.3 Å². The Labute approximate surface area is 145 Å². The second kappa shape index (κ2) is 7.97. The maximum atomic E-state index is 12.5. The number of aryl methyl sites for hydroxylation is 1. The van der Waals surface area contributed by atoms with Gasteiger partial charge in [-0.3, -0.25) is 10.1 Å². The van der Waals surface area contributed by atoms with Crippen molar-refractivity contribution < 1.29 is 22.8 Å². The number of thiazole rings is 1. The molecule has 0 spiro atoms. The average molecular weight is 372 g/mol. The van der Waals surface area contributed by atoms with E-state index in [0.29, 0.717) is 5.13 Å². The molecule has 0 saturated heterocycles. The van der Waals surface area contributed by atoms with Gasteiger partial charge in [-0.2, -0.15) is 13.2 Å². The molecule has 3 N–H and O–H groups in total. The van der Waals surface area contributed by atoms with Gasteiger partial charge < -0.3 is 10.6 Å². The fourth-order valence-electron chi connectivity index (χ4n) is 1.82. The molecule has 0 unspecified atom stereocenters. The Kier molecular flexibility index (Phi) is 5.97. The highest BCUT2D eigenvalue weighted by molar-refractivity contribution is 7.13. The second-order valence-electron chi connectivity index (χ2n) is 5.01. The minimum atomic E-state index is -4.44. The molecule has 0 radical (unpaired) electrons. The van der Waals surface area contributed by atoms with Gasteiger partial charge in [-0.1, -0.05) is 0 Å². The van der Waals surface area contributed by atoms with Crippen LogP contribution in [0.5, 0.6) is 0 Å². The number of halogens is 3. The van der Waals surface area contributed by atoms with Gasteiger partial charge in [-0.15, -0.1) is 11.3 Å². The number of rotatable bonds is 5. The highest BCUT2D eigenvalue weighted by Gasteiger charge is 2.30. The van der Waals surface area contributed by atoms with E-state index in [0.717, 1.165) is 30.0 Å². The van der Waals surface area contributed by atoms with Crippen molar-refractivity contribution in [2.45, 2.75) is 13.1 Å². The monoisotopic (exact) mass is 372 g/mol. The summed E-state index contributed by atoms with van der Waals surface area (Å²) in [6.45, 7) is 2.09. The number of amides is 3. The Morgan fingerprint density at radius 3 is 2.32 bits per heavy atom. The first-order valence-electron chi connectivity index (χ1n) is 7.18. The van der Waals surface area contributed by atoms with Gasteiger partial charge in [0, 0.05) is 24.0 Å². The van der Waals surface area contributed by atoms with Gasteiger partial charge in [0.25, 0.3) is 5.91 Å². The van der Waals surface area contributed by atoms with Crippen LogP contribution in [0.3, 0.4) is 0 Å². The van der Waals surface area contributed by atoms with Crippen molar-refractivity contribution in [1.29, 1.82) is 0 Å². The van der Waals surface area contributed by atoms with Crippen LogP contribution in [-0.2, 0) is 6.18 Å². The molecule has 0 aliphatic rings. The lowest BCUT2D eigenvalue weighted by atomic mass is 10.1. The molecule has 2 aromatic rings. The number of carbonyl (C=O) groups is 2. The summed E-state index contributed by atoms with van der Waals surface area (Å²) >= 11 is 1.29. The molecular formula is C15H15F3N4O2S. The van der Waals surface area contributed by atoms with Crippen LogP contribution < -0.4 is 16.0 Å². The zero-order chi connectivity index (χ0) is 18.4. The zero-order valence-corrected chi connectivity index (χ0v) is 13.9. The number of benzene rings is 1. The van der Waals surface area contributed by atoms with Crippen molar-refractivity contribution in [3.63, 3.8) is 0 Å². The molecule has 1 aromatic heterocycles. The average Bonchev–Trinajstić information content (AvgIpc) is 2.95. The van der Waals surface area contributed by atoms with Gasteiger partial charge in [0.15, 0.2) is 5.13 Å². The van der Waals surface area contributed by atoms with Gasteiger partial charge in [0.05, 0.1) is 11.3 Å². The largest absolute Gasteiger partial charge is 0.416 e. The number of urea groups is 1. The summed E-state index contributed by atoms with van der Waals surface area (Å²) in [5, 5.41) is 9.83. The molecule has 25 heavy (non-hydrogen) atoms. The number of hydrogen-bond donors (Lipinski definition) is 3. The minimum Gasteiger partial charge on any atom is -0.350 e. The third kappa shape index (κ3) is 5.75. The van der Waals surface area contributed by atoms with Crippen LogP contribution in [0.1, 0.15) is 21.6 Å². The molecule has 1 aromatic carbocycles. The number of carbonyl (C=O) groups excluding carboxylic acids is 2. The van der Waals surface area contributed by atoms with E-state index in [2.05, 4.69) is 20.9 Å². The Balaban J connectivity index is 1.72. The van der Waals surface area contributed by atoms with Crippen molar-refractivity contribution >= 4 is 28.4 Å². The van der Waals surface area contributed by atoms with E-state index < -0.39 is 23.7 Å². The molecule has 0 atom stereocenters. The van der Waals surface area contributed by atoms with Crippen LogP contribution in [0, 0.1) is 6.92 Å². The van der Waals surface area contributed by atoms with Crippen LogP contribution in [0.4, 0.5) is 23.1 Å². The van der Waals surface area contributed by atoms with Gasteiger partial charge in [0.2, 0.25) is 0 Å². The summed E-state index contributed by atoms with van der Waals surface area (Å²) in [4.78, 5) is 27.5. The molecule has 3 amide bonds. The first-order chi connectivity index (χ1) is 11.8. The molecular weight excluding hydrogens is 357 g/mol. The van der Waals surface area contributed by atoms with Crippen molar-refractivity contribution in [2.75, 3.05) is 18.4 Å². The van der Waals surface area contributed by atoms with Crippen LogP contribution >= 0.6 is 11.3 Å². The minimum absolute atomic E-state index is 0.107. The molecule has 0 saturated carbocycles. The molecule has 10 heteroatoms. The van der Waals surface area contributed by atoms with E-state index in [-0.39, 0.29) is 18.7 Å². The topological polar surface area (TPSA) is 83.1 Å². The number of alkyl halides is 3. The second-order valence-corrected chi connectivity index (χ2v) is 5.86. The third-order valence-corrected chi connectivity index (χ3v) is 3.89. The molecule has 0 fully saturated rings. The first-order valence-corrected chi connectivity index (χ1v) is 8.06. The van der Waals surface area contributed by atoms with Crippen molar-refractivity contribution in [2.24, 2.45) is 0 Å². The maximum Gasteiger partial charge on any atom is 0.416 e. The Morgan fingerprint density at radius 1 is 1.12 bits per heavy atom. The highest BCUT2D eigenvalue weighted by Crippen LogP contribution is 2.29. The van der Waals surface area contributed by atoms with Gasteiger partial charge in [-0.05, 0) is 31.2 Å². The Bertz CT molecular complexity index is 744. The lowest BCUT2D eigenvalue weighted by Crippen LogP contribution is -2.36. The quantitative estimate of drug-likeness (QED) is 0.706. The number of anilines is 1. The molecule has 0 aliphatic heterocycles. The fraction of sp³-hybridized carbons (Fsp3) is 0.267. The Hall–Kier alpha value is -2.62. The predicted octanol–water partition coefficient (Wildman–Crippen LogP) is 3.02. The molecule has 2 rings (SSSR count). The van der Waals surface area contributed by atoms with Gasteiger partial charge in [-0.25, -0.2) is 9.78 Å². The fourth-order valence-corrected chi connectivity index (χ4v) is 2.50. The zero-order valence-electron chi connectivity index (χ0n) is 13.1. The van der Waals surface area contributed by atoms with E-state index in [9.17, 15) is 22.8 Å².